The van der Waals surface area contributed by atoms with E-state index in [9.17, 15) is 17.9 Å². The van der Waals surface area contributed by atoms with Crippen LogP contribution in [0.4, 0.5) is 4.39 Å². The molecule has 6 nitrogen and oxygen atoms in total. The van der Waals surface area contributed by atoms with Gasteiger partial charge in [-0.3, -0.25) is 4.21 Å². The van der Waals surface area contributed by atoms with Crippen LogP contribution in [-0.4, -0.2) is 33.0 Å². The third kappa shape index (κ3) is 4.51. The molecular weight excluding hydrogens is 407 g/mol. The first kappa shape index (κ1) is 21.9. The highest BCUT2D eigenvalue weighted by Crippen LogP contribution is 2.30. The fourth-order valence-corrected chi connectivity index (χ4v) is 3.85. The number of hydrogen-bond acceptors (Lipinski definition) is 5. The standard InChI is InChI=1S/C22H23FN2O4S/c1-14-19(11-15-3-6-18(7-4-15)30(27)28)20-12-16(22(26)29-2)5-8-21(20)25(14)13-17(23)9-10-24/h3-9,12H,10-11,13,24H2,1-2H3,(H,27,28)/p-1/b17-9-. The van der Waals surface area contributed by atoms with Crippen molar-refractivity contribution in [3.8, 4) is 0 Å². The Balaban J connectivity index is 2.12. The molecule has 0 saturated heterocycles. The second-order valence-electron chi connectivity index (χ2n) is 6.82. The van der Waals surface area contributed by atoms with Gasteiger partial charge in [0.25, 0.3) is 0 Å². The van der Waals surface area contributed by atoms with Gasteiger partial charge in [-0.15, -0.1) is 0 Å². The maximum Gasteiger partial charge on any atom is 0.337 e. The van der Waals surface area contributed by atoms with E-state index in [1.54, 1.807) is 30.3 Å². The van der Waals surface area contributed by atoms with Crippen LogP contribution in [0.25, 0.3) is 10.9 Å². The SMILES string of the molecule is COC(=O)c1ccc2c(c1)c(Cc1ccc(S(=O)[O-])cc1)c(C)n2C/C(F)=C/CN. The number of halogens is 1. The first-order chi connectivity index (χ1) is 14.3. The van der Waals surface area contributed by atoms with Crippen molar-refractivity contribution in [2.45, 2.75) is 24.8 Å². The lowest BCUT2D eigenvalue weighted by Crippen LogP contribution is -2.04. The Kier molecular flexibility index (Phi) is 6.81. The van der Waals surface area contributed by atoms with Crippen molar-refractivity contribution in [1.29, 1.82) is 0 Å². The summed E-state index contributed by atoms with van der Waals surface area (Å²) in [7, 11) is 1.32. The van der Waals surface area contributed by atoms with Crippen LogP contribution >= 0.6 is 0 Å². The summed E-state index contributed by atoms with van der Waals surface area (Å²) in [5, 5.41) is 0.812. The van der Waals surface area contributed by atoms with E-state index < -0.39 is 17.0 Å². The summed E-state index contributed by atoms with van der Waals surface area (Å²) >= 11 is -2.29. The molecule has 0 aliphatic rings. The Hall–Kier alpha value is -2.81. The van der Waals surface area contributed by atoms with E-state index in [1.165, 1.54) is 25.3 Å². The highest BCUT2D eigenvalue weighted by atomic mass is 32.2. The van der Waals surface area contributed by atoms with Gasteiger partial charge in [0.05, 0.1) is 19.2 Å². The van der Waals surface area contributed by atoms with Gasteiger partial charge < -0.3 is 19.6 Å². The van der Waals surface area contributed by atoms with Gasteiger partial charge >= 0.3 is 5.97 Å². The highest BCUT2D eigenvalue weighted by Gasteiger charge is 2.18. The molecule has 1 aromatic heterocycles. The first-order valence-electron chi connectivity index (χ1n) is 9.28. The molecule has 2 N–H and O–H groups in total. The van der Waals surface area contributed by atoms with Gasteiger partial charge in [0.2, 0.25) is 0 Å². The zero-order valence-electron chi connectivity index (χ0n) is 16.7. The molecule has 30 heavy (non-hydrogen) atoms. The lowest BCUT2D eigenvalue weighted by atomic mass is 10.0. The summed E-state index contributed by atoms with van der Waals surface area (Å²) in [5.41, 5.74) is 9.28. The number of allylic oxidation sites excluding steroid dienone is 1. The molecule has 1 atom stereocenters. The number of benzene rings is 2. The van der Waals surface area contributed by atoms with Crippen LogP contribution in [0, 0.1) is 6.92 Å². The topological polar surface area (TPSA) is 97.4 Å². The highest BCUT2D eigenvalue weighted by molar-refractivity contribution is 7.79. The summed E-state index contributed by atoms with van der Waals surface area (Å²) in [4.78, 5) is 12.2. The number of aromatic nitrogens is 1. The van der Waals surface area contributed by atoms with Crippen molar-refractivity contribution in [1.82, 2.24) is 4.57 Å². The number of ether oxygens (including phenoxy) is 1. The van der Waals surface area contributed by atoms with E-state index in [0.717, 1.165) is 27.7 Å². The zero-order chi connectivity index (χ0) is 21.8. The number of carbonyl (C=O) groups excluding carboxylic acids is 1. The van der Waals surface area contributed by atoms with Crippen LogP contribution in [0.2, 0.25) is 0 Å². The second-order valence-corrected chi connectivity index (χ2v) is 7.76. The van der Waals surface area contributed by atoms with E-state index in [-0.39, 0.29) is 23.8 Å². The summed E-state index contributed by atoms with van der Waals surface area (Å²) in [5.74, 6) is -0.798. The molecule has 2 aromatic carbocycles. The molecule has 0 spiro atoms. The summed E-state index contributed by atoms with van der Waals surface area (Å²) in [6.07, 6.45) is 1.82. The average Bonchev–Trinajstić information content (AvgIpc) is 2.99. The normalized spacial score (nSPS) is 12.9. The molecule has 8 heteroatoms. The van der Waals surface area contributed by atoms with E-state index in [2.05, 4.69) is 0 Å². The lowest BCUT2D eigenvalue weighted by Gasteiger charge is -2.09. The van der Waals surface area contributed by atoms with E-state index >= 15 is 0 Å². The van der Waals surface area contributed by atoms with Gasteiger partial charge in [-0.25, -0.2) is 9.18 Å². The van der Waals surface area contributed by atoms with Crippen LogP contribution in [-0.2, 0) is 28.8 Å². The van der Waals surface area contributed by atoms with Crippen LogP contribution in [0.15, 0.2) is 59.3 Å². The Labute approximate surface area is 176 Å². The van der Waals surface area contributed by atoms with Gasteiger partial charge in [0, 0.05) is 28.0 Å². The number of hydrogen-bond donors (Lipinski definition) is 1. The second kappa shape index (κ2) is 9.34. The molecule has 0 aliphatic carbocycles. The van der Waals surface area contributed by atoms with Crippen molar-refractivity contribution in [3.05, 3.63) is 76.8 Å². The lowest BCUT2D eigenvalue weighted by molar-refractivity contribution is 0.0601. The van der Waals surface area contributed by atoms with E-state index in [1.807, 2.05) is 11.5 Å². The third-order valence-corrected chi connectivity index (χ3v) is 5.68. The largest absolute Gasteiger partial charge is 0.768 e. The summed E-state index contributed by atoms with van der Waals surface area (Å²) in [6, 6.07) is 11.7. The Bertz CT molecular complexity index is 1140. The van der Waals surface area contributed by atoms with Gasteiger partial charge in [0.1, 0.15) is 5.83 Å². The fraction of sp³-hybridized carbons (Fsp3) is 0.227. The molecule has 0 aliphatic heterocycles. The van der Waals surface area contributed by atoms with Gasteiger partial charge in [-0.05, 0) is 72.0 Å². The third-order valence-electron chi connectivity index (χ3n) is 5.02. The molecule has 0 radical (unpaired) electrons. The number of nitrogens with zero attached hydrogens (tertiary/aromatic N) is 1. The molecule has 158 valence electrons. The van der Waals surface area contributed by atoms with Crippen molar-refractivity contribution in [2.24, 2.45) is 5.73 Å². The molecule has 0 bridgehead atoms. The molecule has 3 aromatic rings. The predicted octanol–water partition coefficient (Wildman–Crippen LogP) is 3.38. The fourth-order valence-electron chi connectivity index (χ4n) is 3.49. The number of nitrogens with two attached hydrogens (primary N) is 1. The first-order valence-corrected chi connectivity index (χ1v) is 10.4. The molecule has 0 saturated carbocycles. The number of carbonyl (C=O) groups is 1. The molecular formula is C22H22FN2O4S-. The van der Waals surface area contributed by atoms with Crippen LogP contribution in [0.5, 0.6) is 0 Å². The van der Waals surface area contributed by atoms with Gasteiger partial charge in [-0.2, -0.15) is 0 Å². The predicted molar refractivity (Wildman–Crippen MR) is 113 cm³/mol. The Morgan fingerprint density at radius 3 is 2.57 bits per heavy atom. The van der Waals surface area contributed by atoms with E-state index in [0.29, 0.717) is 12.0 Å². The zero-order valence-corrected chi connectivity index (χ0v) is 17.5. The maximum atomic E-state index is 14.2. The number of methoxy groups -OCH3 is 1. The minimum Gasteiger partial charge on any atom is -0.768 e. The van der Waals surface area contributed by atoms with Crippen molar-refractivity contribution >= 4 is 28.0 Å². The molecule has 3 rings (SSSR count). The number of fused-ring (bicyclic) bond motifs is 1. The van der Waals surface area contributed by atoms with Crippen molar-refractivity contribution in [2.75, 3.05) is 13.7 Å². The Morgan fingerprint density at radius 1 is 1.27 bits per heavy atom. The maximum absolute atomic E-state index is 14.2. The smallest absolute Gasteiger partial charge is 0.337 e. The number of rotatable bonds is 7. The molecule has 0 fully saturated rings. The summed E-state index contributed by atoms with van der Waals surface area (Å²) < 4.78 is 43.1. The van der Waals surface area contributed by atoms with Crippen LogP contribution in [0.1, 0.15) is 27.2 Å². The minimum atomic E-state index is -2.29. The van der Waals surface area contributed by atoms with Crippen molar-refractivity contribution in [3.63, 3.8) is 0 Å². The number of esters is 1. The monoisotopic (exact) mass is 429 g/mol. The average molecular weight is 429 g/mol. The van der Waals surface area contributed by atoms with Crippen molar-refractivity contribution < 1.29 is 22.7 Å². The molecule has 1 unspecified atom stereocenters. The molecule has 0 amide bonds. The van der Waals surface area contributed by atoms with Gasteiger partial charge in [0.15, 0.2) is 0 Å². The Morgan fingerprint density at radius 2 is 1.97 bits per heavy atom. The molecule has 1 heterocycles. The van der Waals surface area contributed by atoms with Crippen LogP contribution in [0.3, 0.4) is 0 Å². The van der Waals surface area contributed by atoms with E-state index in [4.69, 9.17) is 10.5 Å². The minimum absolute atomic E-state index is 0.0329. The summed E-state index contributed by atoms with van der Waals surface area (Å²) in [6.45, 7) is 2.03. The quantitative estimate of drug-likeness (QED) is 0.459. The van der Waals surface area contributed by atoms with Gasteiger partial charge in [-0.1, -0.05) is 12.1 Å². The van der Waals surface area contributed by atoms with Crippen LogP contribution < -0.4 is 5.73 Å².